The summed E-state index contributed by atoms with van der Waals surface area (Å²) < 4.78 is 1.63. The normalized spacial score (nSPS) is 10.7. The summed E-state index contributed by atoms with van der Waals surface area (Å²) in [7, 11) is 0. The van der Waals surface area contributed by atoms with Crippen molar-refractivity contribution in [1.82, 2.24) is 29.9 Å². The standard InChI is InChI=1S/C14H15N7/c1-3-10-4-6-11(7-5-10)8-21-14(15)17-13(20-21)12-16-9(2)18-19-12/h3-7H,1,8H2,2H3,(H2,15,17,20)(H,16,18,19). The van der Waals surface area contributed by atoms with Crippen LogP contribution in [0.15, 0.2) is 30.8 Å². The molecule has 0 amide bonds. The van der Waals surface area contributed by atoms with E-state index >= 15 is 0 Å². The number of rotatable bonds is 4. The molecule has 0 fully saturated rings. The van der Waals surface area contributed by atoms with Gasteiger partial charge in [0.2, 0.25) is 17.6 Å². The molecule has 106 valence electrons. The number of anilines is 1. The van der Waals surface area contributed by atoms with Gasteiger partial charge in [0, 0.05) is 0 Å². The van der Waals surface area contributed by atoms with E-state index in [1.165, 1.54) is 0 Å². The number of aromatic amines is 1. The van der Waals surface area contributed by atoms with Gasteiger partial charge >= 0.3 is 0 Å². The minimum absolute atomic E-state index is 0.334. The van der Waals surface area contributed by atoms with Crippen molar-refractivity contribution >= 4 is 12.0 Å². The lowest BCUT2D eigenvalue weighted by Crippen LogP contribution is -2.06. The first-order valence-electron chi connectivity index (χ1n) is 6.47. The van der Waals surface area contributed by atoms with Crippen molar-refractivity contribution in [2.24, 2.45) is 0 Å². The molecule has 3 rings (SSSR count). The molecule has 0 saturated heterocycles. The molecule has 0 aliphatic carbocycles. The molecule has 0 aliphatic rings. The average Bonchev–Trinajstić information content (AvgIpc) is 3.07. The number of aryl methyl sites for hydroxylation is 1. The molecule has 2 heterocycles. The van der Waals surface area contributed by atoms with Crippen LogP contribution in [0.2, 0.25) is 0 Å². The van der Waals surface area contributed by atoms with Crippen LogP contribution in [0.4, 0.5) is 5.95 Å². The van der Waals surface area contributed by atoms with Gasteiger partial charge < -0.3 is 5.73 Å². The molecule has 1 aromatic carbocycles. The van der Waals surface area contributed by atoms with Crippen LogP contribution in [0.25, 0.3) is 17.7 Å². The molecule has 0 spiro atoms. The number of H-pyrrole nitrogens is 1. The van der Waals surface area contributed by atoms with Gasteiger partial charge in [0.15, 0.2) is 0 Å². The predicted molar refractivity (Wildman–Crippen MR) is 80.2 cm³/mol. The molecule has 7 heteroatoms. The first kappa shape index (κ1) is 13.0. The molecular formula is C14H15N7. The molecule has 0 aliphatic heterocycles. The molecular weight excluding hydrogens is 266 g/mol. The zero-order chi connectivity index (χ0) is 14.8. The Hall–Kier alpha value is -2.96. The van der Waals surface area contributed by atoms with Crippen molar-refractivity contribution in [3.63, 3.8) is 0 Å². The number of hydrogen-bond donors (Lipinski definition) is 2. The first-order chi connectivity index (χ1) is 10.2. The van der Waals surface area contributed by atoms with E-state index in [9.17, 15) is 0 Å². The number of nitrogens with zero attached hydrogens (tertiary/aromatic N) is 5. The third-order valence-electron chi connectivity index (χ3n) is 3.05. The van der Waals surface area contributed by atoms with E-state index in [-0.39, 0.29) is 0 Å². The number of nitrogen functional groups attached to an aromatic ring is 1. The van der Waals surface area contributed by atoms with Crippen molar-refractivity contribution in [2.45, 2.75) is 13.5 Å². The molecule has 0 bridgehead atoms. The van der Waals surface area contributed by atoms with Crippen LogP contribution in [0.5, 0.6) is 0 Å². The quantitative estimate of drug-likeness (QED) is 0.757. The van der Waals surface area contributed by atoms with Crippen molar-refractivity contribution in [2.75, 3.05) is 5.73 Å². The van der Waals surface area contributed by atoms with Gasteiger partial charge in [0.25, 0.3) is 0 Å². The minimum atomic E-state index is 0.334. The van der Waals surface area contributed by atoms with Crippen LogP contribution in [-0.4, -0.2) is 29.9 Å². The van der Waals surface area contributed by atoms with Gasteiger partial charge in [-0.3, -0.25) is 5.10 Å². The monoisotopic (exact) mass is 281 g/mol. The Bertz CT molecular complexity index is 767. The molecule has 0 atom stereocenters. The Morgan fingerprint density at radius 2 is 2.00 bits per heavy atom. The number of hydrogen-bond acceptors (Lipinski definition) is 5. The van der Waals surface area contributed by atoms with Crippen molar-refractivity contribution in [1.29, 1.82) is 0 Å². The lowest BCUT2D eigenvalue weighted by atomic mass is 10.1. The van der Waals surface area contributed by atoms with Crippen LogP contribution in [0.1, 0.15) is 17.0 Å². The summed E-state index contributed by atoms with van der Waals surface area (Å²) in [6.45, 7) is 6.09. The van der Waals surface area contributed by atoms with Crippen LogP contribution in [-0.2, 0) is 6.54 Å². The third kappa shape index (κ3) is 2.66. The molecule has 0 radical (unpaired) electrons. The van der Waals surface area contributed by atoms with E-state index in [0.29, 0.717) is 30.0 Å². The van der Waals surface area contributed by atoms with E-state index in [2.05, 4.69) is 31.8 Å². The van der Waals surface area contributed by atoms with Crippen molar-refractivity contribution < 1.29 is 0 Å². The van der Waals surface area contributed by atoms with Gasteiger partial charge in [-0.2, -0.15) is 4.98 Å². The smallest absolute Gasteiger partial charge is 0.222 e. The Labute approximate surface area is 121 Å². The summed E-state index contributed by atoms with van der Waals surface area (Å²) in [6.07, 6.45) is 1.80. The van der Waals surface area contributed by atoms with Gasteiger partial charge in [0.05, 0.1) is 6.54 Å². The Morgan fingerprint density at radius 1 is 1.24 bits per heavy atom. The highest BCUT2D eigenvalue weighted by atomic mass is 15.4. The maximum absolute atomic E-state index is 5.90. The summed E-state index contributed by atoms with van der Waals surface area (Å²) in [4.78, 5) is 8.39. The van der Waals surface area contributed by atoms with E-state index in [4.69, 9.17) is 5.73 Å². The fourth-order valence-corrected chi connectivity index (χ4v) is 1.94. The summed E-state index contributed by atoms with van der Waals surface area (Å²) >= 11 is 0. The van der Waals surface area contributed by atoms with Crippen molar-refractivity contribution in [3.05, 3.63) is 47.8 Å². The van der Waals surface area contributed by atoms with E-state index in [1.54, 1.807) is 10.8 Å². The predicted octanol–water partition coefficient (Wildman–Crippen LogP) is 1.65. The van der Waals surface area contributed by atoms with E-state index in [0.717, 1.165) is 11.1 Å². The second kappa shape index (κ2) is 5.20. The zero-order valence-electron chi connectivity index (χ0n) is 11.6. The Morgan fingerprint density at radius 3 is 2.62 bits per heavy atom. The molecule has 0 saturated carbocycles. The fraction of sp³-hybridized carbons (Fsp3) is 0.143. The van der Waals surface area contributed by atoms with Gasteiger partial charge in [-0.25, -0.2) is 9.67 Å². The fourth-order valence-electron chi connectivity index (χ4n) is 1.94. The molecule has 3 N–H and O–H groups in total. The van der Waals surface area contributed by atoms with Crippen LogP contribution in [0, 0.1) is 6.92 Å². The molecule has 0 unspecified atom stereocenters. The summed E-state index contributed by atoms with van der Waals surface area (Å²) in [5.41, 5.74) is 8.05. The highest BCUT2D eigenvalue weighted by molar-refractivity contribution is 5.47. The van der Waals surface area contributed by atoms with Crippen LogP contribution >= 0.6 is 0 Å². The maximum atomic E-state index is 5.90. The Kier molecular flexibility index (Phi) is 3.23. The summed E-state index contributed by atoms with van der Waals surface area (Å²) in [5.74, 6) is 1.90. The highest BCUT2D eigenvalue weighted by Gasteiger charge is 2.13. The number of nitrogens with two attached hydrogens (primary N) is 1. The lowest BCUT2D eigenvalue weighted by molar-refractivity contribution is 0.697. The Balaban J connectivity index is 1.85. The van der Waals surface area contributed by atoms with Crippen LogP contribution in [0.3, 0.4) is 0 Å². The molecule has 2 aromatic heterocycles. The van der Waals surface area contributed by atoms with Gasteiger partial charge in [-0.05, 0) is 18.1 Å². The first-order valence-corrected chi connectivity index (χ1v) is 6.47. The minimum Gasteiger partial charge on any atom is -0.368 e. The zero-order valence-corrected chi connectivity index (χ0v) is 11.6. The topological polar surface area (TPSA) is 98.3 Å². The van der Waals surface area contributed by atoms with Gasteiger partial charge in [-0.15, -0.1) is 10.2 Å². The third-order valence-corrected chi connectivity index (χ3v) is 3.05. The summed E-state index contributed by atoms with van der Waals surface area (Å²) in [5, 5.41) is 11.1. The van der Waals surface area contributed by atoms with E-state index in [1.807, 2.05) is 31.2 Å². The van der Waals surface area contributed by atoms with Gasteiger partial charge in [-0.1, -0.05) is 36.9 Å². The lowest BCUT2D eigenvalue weighted by Gasteiger charge is -2.03. The number of aromatic nitrogens is 6. The highest BCUT2D eigenvalue weighted by Crippen LogP contribution is 2.14. The summed E-state index contributed by atoms with van der Waals surface area (Å²) in [6, 6.07) is 8.01. The molecule has 21 heavy (non-hydrogen) atoms. The van der Waals surface area contributed by atoms with Crippen molar-refractivity contribution in [3.8, 4) is 11.6 Å². The number of benzene rings is 1. The van der Waals surface area contributed by atoms with E-state index < -0.39 is 0 Å². The maximum Gasteiger partial charge on any atom is 0.222 e. The molecule has 3 aromatic rings. The largest absolute Gasteiger partial charge is 0.368 e. The number of nitrogens with one attached hydrogen (secondary N) is 1. The second-order valence-electron chi connectivity index (χ2n) is 4.64. The van der Waals surface area contributed by atoms with Gasteiger partial charge in [0.1, 0.15) is 5.82 Å². The second-order valence-corrected chi connectivity index (χ2v) is 4.64. The van der Waals surface area contributed by atoms with Crippen LogP contribution < -0.4 is 5.73 Å². The average molecular weight is 281 g/mol. The molecule has 7 nitrogen and oxygen atoms in total. The SMILES string of the molecule is C=Cc1ccc(Cn2nc(-c3n[nH]c(C)n3)nc2N)cc1.